The van der Waals surface area contributed by atoms with Crippen molar-refractivity contribution < 1.29 is 19.0 Å². The number of aryl methyl sites for hydroxylation is 2. The Morgan fingerprint density at radius 2 is 2.21 bits per heavy atom. The van der Waals surface area contributed by atoms with Crippen LogP contribution in [0.2, 0.25) is 5.02 Å². The van der Waals surface area contributed by atoms with Crippen LogP contribution in [0.1, 0.15) is 48.9 Å². The molecule has 1 aliphatic heterocycles. The molecule has 0 radical (unpaired) electrons. The van der Waals surface area contributed by atoms with Gasteiger partial charge in [-0.1, -0.05) is 17.7 Å². The fourth-order valence-corrected chi connectivity index (χ4v) is 4.62. The van der Waals surface area contributed by atoms with E-state index in [1.54, 1.807) is 0 Å². The van der Waals surface area contributed by atoms with E-state index in [-0.39, 0.29) is 23.2 Å². The SMILES string of the molecule is O=C(O)C(CCOC1CC(CCc2ccc3c(n2)NCCC3)C1)NCc1c(F)cncc1Cl. The number of aliphatic carboxylic acids is 1. The Kier molecular flexibility index (Phi) is 8.11. The lowest BCUT2D eigenvalue weighted by molar-refractivity contribution is -0.140. The van der Waals surface area contributed by atoms with Crippen LogP contribution in [-0.4, -0.2) is 46.3 Å². The van der Waals surface area contributed by atoms with Gasteiger partial charge in [-0.05, 0) is 62.5 Å². The minimum Gasteiger partial charge on any atom is -0.480 e. The number of fused-ring (bicyclic) bond motifs is 1. The number of anilines is 1. The van der Waals surface area contributed by atoms with Gasteiger partial charge in [-0.25, -0.2) is 9.37 Å². The number of nitrogens with one attached hydrogen (secondary N) is 2. The summed E-state index contributed by atoms with van der Waals surface area (Å²) in [5.41, 5.74) is 2.66. The summed E-state index contributed by atoms with van der Waals surface area (Å²) < 4.78 is 19.7. The molecule has 0 spiro atoms. The minimum absolute atomic E-state index is 0.0158. The van der Waals surface area contributed by atoms with Crippen LogP contribution in [0.25, 0.3) is 0 Å². The minimum atomic E-state index is -0.997. The first-order valence-electron chi connectivity index (χ1n) is 11.6. The van der Waals surface area contributed by atoms with Crippen LogP contribution in [0.4, 0.5) is 10.2 Å². The summed E-state index contributed by atoms with van der Waals surface area (Å²) in [7, 11) is 0. The first-order valence-corrected chi connectivity index (χ1v) is 12.0. The first kappa shape index (κ1) is 23.9. The molecule has 9 heteroatoms. The molecule has 1 fully saturated rings. The van der Waals surface area contributed by atoms with Crippen molar-refractivity contribution >= 4 is 23.4 Å². The molecule has 2 aromatic rings. The summed E-state index contributed by atoms with van der Waals surface area (Å²) in [6.07, 6.45) is 9.18. The van der Waals surface area contributed by atoms with Crippen molar-refractivity contribution in [2.24, 2.45) is 5.92 Å². The molecule has 1 aliphatic carbocycles. The number of pyridine rings is 2. The average Bonchev–Trinajstić information content (AvgIpc) is 2.77. The van der Waals surface area contributed by atoms with E-state index in [1.165, 1.54) is 18.2 Å². The van der Waals surface area contributed by atoms with Crippen molar-refractivity contribution in [3.05, 3.63) is 52.2 Å². The van der Waals surface area contributed by atoms with Crippen molar-refractivity contribution in [2.75, 3.05) is 18.5 Å². The normalized spacial score (nSPS) is 20.4. The van der Waals surface area contributed by atoms with Crippen molar-refractivity contribution in [1.82, 2.24) is 15.3 Å². The number of ether oxygens (including phenoxy) is 1. The zero-order valence-corrected chi connectivity index (χ0v) is 19.3. The second-order valence-electron chi connectivity index (χ2n) is 8.85. The molecule has 33 heavy (non-hydrogen) atoms. The quantitative estimate of drug-likeness (QED) is 0.451. The first-order chi connectivity index (χ1) is 16.0. The second-order valence-corrected chi connectivity index (χ2v) is 9.26. The van der Waals surface area contributed by atoms with Crippen LogP contribution in [0.15, 0.2) is 24.5 Å². The molecule has 178 valence electrons. The number of nitrogens with zero attached hydrogens (tertiary/aromatic N) is 2. The number of hydrogen-bond acceptors (Lipinski definition) is 6. The van der Waals surface area contributed by atoms with E-state index in [0.717, 1.165) is 56.4 Å². The lowest BCUT2D eigenvalue weighted by Crippen LogP contribution is -2.39. The van der Waals surface area contributed by atoms with Crippen LogP contribution < -0.4 is 10.6 Å². The second kappa shape index (κ2) is 11.2. The monoisotopic (exact) mass is 476 g/mol. The van der Waals surface area contributed by atoms with Gasteiger partial charge in [-0.15, -0.1) is 0 Å². The standard InChI is InChI=1S/C24H30ClFN4O3/c25-20-13-27-14-21(26)19(20)12-29-22(24(31)32)7-9-33-18-10-15(11-18)3-5-17-6-4-16-2-1-8-28-23(16)30-17/h4,6,13-15,18,22,29H,1-3,5,7-12H2,(H,28,30)(H,31,32). The maximum absolute atomic E-state index is 13.8. The van der Waals surface area contributed by atoms with Gasteiger partial charge in [-0.2, -0.15) is 0 Å². The molecule has 1 saturated carbocycles. The molecule has 2 aliphatic rings. The maximum Gasteiger partial charge on any atom is 0.320 e. The summed E-state index contributed by atoms with van der Waals surface area (Å²) in [5, 5.41) is 15.9. The van der Waals surface area contributed by atoms with Crippen molar-refractivity contribution in [3.63, 3.8) is 0 Å². The highest BCUT2D eigenvalue weighted by Gasteiger charge is 2.30. The molecule has 2 aromatic heterocycles. The summed E-state index contributed by atoms with van der Waals surface area (Å²) in [5.74, 6) is 0.107. The van der Waals surface area contributed by atoms with Gasteiger partial charge in [0.05, 0.1) is 17.3 Å². The molecule has 1 unspecified atom stereocenters. The number of aromatic nitrogens is 2. The van der Waals surface area contributed by atoms with E-state index < -0.39 is 17.8 Å². The molecule has 0 saturated heterocycles. The van der Waals surface area contributed by atoms with Crippen molar-refractivity contribution in [3.8, 4) is 0 Å². The predicted octanol–water partition coefficient (Wildman–Crippen LogP) is 3.99. The molecule has 0 aromatic carbocycles. The number of halogens is 2. The fourth-order valence-electron chi connectivity index (χ4n) is 4.40. The molecule has 0 amide bonds. The number of carbonyl (C=O) groups is 1. The molecule has 7 nitrogen and oxygen atoms in total. The molecular formula is C24H30ClFN4O3. The van der Waals surface area contributed by atoms with Gasteiger partial charge in [-0.3, -0.25) is 9.78 Å². The van der Waals surface area contributed by atoms with Gasteiger partial charge in [0, 0.05) is 37.2 Å². The lowest BCUT2D eigenvalue weighted by Gasteiger charge is -2.35. The zero-order chi connectivity index (χ0) is 23.2. The van der Waals surface area contributed by atoms with Crippen molar-refractivity contribution in [2.45, 2.75) is 63.6 Å². The Balaban J connectivity index is 1.14. The number of hydrogen-bond donors (Lipinski definition) is 3. The van der Waals surface area contributed by atoms with E-state index in [4.69, 9.17) is 21.3 Å². The smallest absolute Gasteiger partial charge is 0.320 e. The van der Waals surface area contributed by atoms with E-state index >= 15 is 0 Å². The number of rotatable bonds is 11. The van der Waals surface area contributed by atoms with Crippen LogP contribution in [0.3, 0.4) is 0 Å². The van der Waals surface area contributed by atoms with Crippen LogP contribution in [0.5, 0.6) is 0 Å². The largest absolute Gasteiger partial charge is 0.480 e. The summed E-state index contributed by atoms with van der Waals surface area (Å²) in [4.78, 5) is 20.0. The van der Waals surface area contributed by atoms with Gasteiger partial charge in [0.15, 0.2) is 0 Å². The van der Waals surface area contributed by atoms with Gasteiger partial charge in [0.1, 0.15) is 17.7 Å². The fraction of sp³-hybridized carbons (Fsp3) is 0.542. The van der Waals surface area contributed by atoms with Crippen LogP contribution in [-0.2, 0) is 28.9 Å². The third-order valence-corrected chi connectivity index (χ3v) is 6.81. The van der Waals surface area contributed by atoms with Crippen molar-refractivity contribution in [1.29, 1.82) is 0 Å². The van der Waals surface area contributed by atoms with Crippen LogP contribution in [0, 0.1) is 11.7 Å². The Morgan fingerprint density at radius 1 is 1.36 bits per heavy atom. The average molecular weight is 477 g/mol. The van der Waals surface area contributed by atoms with E-state index in [1.807, 2.05) is 0 Å². The Morgan fingerprint density at radius 3 is 3.00 bits per heavy atom. The van der Waals surface area contributed by atoms with Gasteiger partial charge in [0.2, 0.25) is 0 Å². The maximum atomic E-state index is 13.8. The van der Waals surface area contributed by atoms with Crippen LogP contribution >= 0.6 is 11.6 Å². The topological polar surface area (TPSA) is 96.4 Å². The third-order valence-electron chi connectivity index (χ3n) is 6.49. The molecule has 0 bridgehead atoms. The van der Waals surface area contributed by atoms with E-state index in [9.17, 15) is 14.3 Å². The Hall–Kier alpha value is -2.29. The molecule has 1 atom stereocenters. The Bertz CT molecular complexity index is 950. The van der Waals surface area contributed by atoms with Gasteiger partial charge in [0.25, 0.3) is 0 Å². The van der Waals surface area contributed by atoms with Gasteiger partial charge < -0.3 is 20.5 Å². The highest BCUT2D eigenvalue weighted by molar-refractivity contribution is 6.31. The summed E-state index contributed by atoms with van der Waals surface area (Å²) >= 11 is 5.95. The van der Waals surface area contributed by atoms with E-state index in [2.05, 4.69) is 27.8 Å². The summed E-state index contributed by atoms with van der Waals surface area (Å²) in [6.45, 7) is 1.35. The highest BCUT2D eigenvalue weighted by Crippen LogP contribution is 2.34. The molecule has 4 rings (SSSR count). The third kappa shape index (κ3) is 6.40. The Labute approximate surface area is 198 Å². The zero-order valence-electron chi connectivity index (χ0n) is 18.5. The summed E-state index contributed by atoms with van der Waals surface area (Å²) in [6, 6.07) is 3.50. The number of carboxylic acid groups (broad SMARTS) is 1. The molecule has 3 N–H and O–H groups in total. The predicted molar refractivity (Wildman–Crippen MR) is 124 cm³/mol. The van der Waals surface area contributed by atoms with E-state index in [0.29, 0.717) is 18.9 Å². The number of carboxylic acids is 1. The lowest BCUT2D eigenvalue weighted by atomic mass is 9.79. The highest BCUT2D eigenvalue weighted by atomic mass is 35.5. The molecule has 3 heterocycles. The van der Waals surface area contributed by atoms with Gasteiger partial charge >= 0.3 is 5.97 Å². The molecular weight excluding hydrogens is 447 g/mol.